The molecule has 5 heteroatoms. The van der Waals surface area contributed by atoms with Gasteiger partial charge in [-0.3, -0.25) is 0 Å². The first-order chi connectivity index (χ1) is 8.52. The van der Waals surface area contributed by atoms with Crippen molar-refractivity contribution in [1.82, 2.24) is 9.97 Å². The lowest BCUT2D eigenvalue weighted by Gasteiger charge is -2.21. The summed E-state index contributed by atoms with van der Waals surface area (Å²) >= 11 is 0. The van der Waals surface area contributed by atoms with Gasteiger partial charge in [0.1, 0.15) is 5.82 Å². The van der Waals surface area contributed by atoms with Crippen molar-refractivity contribution in [2.24, 2.45) is 0 Å². The van der Waals surface area contributed by atoms with Gasteiger partial charge in [-0.05, 0) is 26.7 Å². The SMILES string of the molecule is CCCNc1ncc(C)c(N2CCC(C)(O)C2)n1. The number of anilines is 2. The van der Waals surface area contributed by atoms with Gasteiger partial charge < -0.3 is 15.3 Å². The summed E-state index contributed by atoms with van der Waals surface area (Å²) in [5.41, 5.74) is 0.448. The molecule has 0 spiro atoms. The van der Waals surface area contributed by atoms with Gasteiger partial charge in [0.15, 0.2) is 0 Å². The van der Waals surface area contributed by atoms with E-state index in [2.05, 4.69) is 27.1 Å². The molecule has 0 bridgehead atoms. The molecular weight excluding hydrogens is 228 g/mol. The third-order valence-corrected chi connectivity index (χ3v) is 3.23. The minimum Gasteiger partial charge on any atom is -0.388 e. The van der Waals surface area contributed by atoms with E-state index in [1.165, 1.54) is 0 Å². The predicted octanol–water partition coefficient (Wildman–Crippen LogP) is 1.57. The second kappa shape index (κ2) is 5.10. The van der Waals surface area contributed by atoms with E-state index in [4.69, 9.17) is 0 Å². The van der Waals surface area contributed by atoms with Crippen LogP contribution in [0.1, 0.15) is 32.3 Å². The largest absolute Gasteiger partial charge is 0.388 e. The molecule has 5 nitrogen and oxygen atoms in total. The number of aryl methyl sites for hydroxylation is 1. The van der Waals surface area contributed by atoms with Gasteiger partial charge >= 0.3 is 0 Å². The first-order valence-corrected chi connectivity index (χ1v) is 6.57. The predicted molar refractivity (Wildman–Crippen MR) is 73.0 cm³/mol. The fourth-order valence-electron chi connectivity index (χ4n) is 2.20. The third kappa shape index (κ3) is 2.90. The highest BCUT2D eigenvalue weighted by Crippen LogP contribution is 2.27. The van der Waals surface area contributed by atoms with Crippen molar-refractivity contribution >= 4 is 11.8 Å². The Morgan fingerprint density at radius 3 is 2.94 bits per heavy atom. The molecule has 0 amide bonds. The van der Waals surface area contributed by atoms with Crippen molar-refractivity contribution in [2.75, 3.05) is 29.9 Å². The van der Waals surface area contributed by atoms with Crippen LogP contribution in [0.2, 0.25) is 0 Å². The van der Waals surface area contributed by atoms with Crippen LogP contribution in [0, 0.1) is 6.92 Å². The average Bonchev–Trinajstić information content (AvgIpc) is 2.68. The molecule has 0 saturated carbocycles. The Morgan fingerprint density at radius 2 is 2.33 bits per heavy atom. The van der Waals surface area contributed by atoms with E-state index in [9.17, 15) is 5.11 Å². The molecule has 1 atom stereocenters. The summed E-state index contributed by atoms with van der Waals surface area (Å²) in [6.45, 7) is 8.35. The van der Waals surface area contributed by atoms with Crippen molar-refractivity contribution in [3.05, 3.63) is 11.8 Å². The maximum absolute atomic E-state index is 10.0. The Kier molecular flexibility index (Phi) is 3.71. The molecule has 1 aromatic heterocycles. The fraction of sp³-hybridized carbons (Fsp3) is 0.692. The first kappa shape index (κ1) is 13.1. The standard InChI is InChI=1S/C13H22N4O/c1-4-6-14-12-15-8-10(2)11(16-12)17-7-5-13(3,18)9-17/h8,18H,4-7,9H2,1-3H3,(H,14,15,16). The molecule has 0 aromatic carbocycles. The minimum atomic E-state index is -0.603. The number of hydrogen-bond acceptors (Lipinski definition) is 5. The van der Waals surface area contributed by atoms with Crippen LogP contribution in [0.3, 0.4) is 0 Å². The van der Waals surface area contributed by atoms with E-state index in [-0.39, 0.29) is 0 Å². The topological polar surface area (TPSA) is 61.3 Å². The van der Waals surface area contributed by atoms with Crippen molar-refractivity contribution in [3.8, 4) is 0 Å². The number of aromatic nitrogens is 2. The van der Waals surface area contributed by atoms with Crippen LogP contribution in [-0.4, -0.2) is 40.3 Å². The summed E-state index contributed by atoms with van der Waals surface area (Å²) in [6.07, 6.45) is 3.67. The molecule has 1 aliphatic heterocycles. The van der Waals surface area contributed by atoms with Crippen molar-refractivity contribution in [1.29, 1.82) is 0 Å². The lowest BCUT2D eigenvalue weighted by Crippen LogP contribution is -2.30. The number of rotatable bonds is 4. The first-order valence-electron chi connectivity index (χ1n) is 6.57. The van der Waals surface area contributed by atoms with Crippen LogP contribution in [0.5, 0.6) is 0 Å². The molecule has 1 unspecified atom stereocenters. The summed E-state index contributed by atoms with van der Waals surface area (Å²) in [6, 6.07) is 0. The molecule has 2 N–H and O–H groups in total. The van der Waals surface area contributed by atoms with E-state index in [1.54, 1.807) is 0 Å². The Bertz CT molecular complexity index is 419. The summed E-state index contributed by atoms with van der Waals surface area (Å²) in [7, 11) is 0. The van der Waals surface area contributed by atoms with Gasteiger partial charge in [0, 0.05) is 31.4 Å². The molecule has 2 rings (SSSR count). The van der Waals surface area contributed by atoms with Gasteiger partial charge in [-0.1, -0.05) is 6.92 Å². The average molecular weight is 250 g/mol. The molecule has 0 radical (unpaired) electrons. The van der Waals surface area contributed by atoms with Crippen LogP contribution in [0.15, 0.2) is 6.20 Å². The molecule has 1 fully saturated rings. The monoisotopic (exact) mass is 250 g/mol. The van der Waals surface area contributed by atoms with Crippen molar-refractivity contribution in [3.63, 3.8) is 0 Å². The number of β-amino-alcohol motifs (C(OH)–C–C–N with tert-alkyl or cyclic N) is 1. The van der Waals surface area contributed by atoms with E-state index < -0.39 is 5.60 Å². The highest BCUT2D eigenvalue weighted by atomic mass is 16.3. The molecule has 100 valence electrons. The third-order valence-electron chi connectivity index (χ3n) is 3.23. The van der Waals surface area contributed by atoms with Crippen molar-refractivity contribution < 1.29 is 5.11 Å². The van der Waals surface area contributed by atoms with E-state index in [0.29, 0.717) is 12.5 Å². The van der Waals surface area contributed by atoms with Crippen LogP contribution in [0.25, 0.3) is 0 Å². The van der Waals surface area contributed by atoms with Gasteiger partial charge in [0.2, 0.25) is 5.95 Å². The number of nitrogens with zero attached hydrogens (tertiary/aromatic N) is 3. The highest BCUT2D eigenvalue weighted by molar-refractivity contribution is 5.50. The molecule has 2 heterocycles. The minimum absolute atomic E-state index is 0.603. The number of hydrogen-bond donors (Lipinski definition) is 2. The zero-order valence-electron chi connectivity index (χ0n) is 11.4. The van der Waals surface area contributed by atoms with Gasteiger partial charge in [-0.2, -0.15) is 4.98 Å². The van der Waals surface area contributed by atoms with E-state index in [1.807, 2.05) is 20.0 Å². The molecule has 1 aromatic rings. The zero-order chi connectivity index (χ0) is 13.2. The van der Waals surface area contributed by atoms with Gasteiger partial charge in [-0.15, -0.1) is 0 Å². The summed E-state index contributed by atoms with van der Waals surface area (Å²) in [4.78, 5) is 11.0. The van der Waals surface area contributed by atoms with Gasteiger partial charge in [0.25, 0.3) is 0 Å². The Morgan fingerprint density at radius 1 is 1.56 bits per heavy atom. The maximum Gasteiger partial charge on any atom is 0.224 e. The van der Waals surface area contributed by atoms with Gasteiger partial charge in [-0.25, -0.2) is 4.98 Å². The normalized spacial score (nSPS) is 23.4. The Hall–Kier alpha value is -1.36. The van der Waals surface area contributed by atoms with Crippen molar-refractivity contribution in [2.45, 2.75) is 39.2 Å². The number of nitrogens with one attached hydrogen (secondary N) is 1. The lowest BCUT2D eigenvalue weighted by molar-refractivity contribution is 0.0839. The summed E-state index contributed by atoms with van der Waals surface area (Å²) in [5, 5.41) is 13.2. The quantitative estimate of drug-likeness (QED) is 0.849. The second-order valence-corrected chi connectivity index (χ2v) is 5.30. The molecule has 1 saturated heterocycles. The lowest BCUT2D eigenvalue weighted by atomic mass is 10.1. The molecular formula is C13H22N4O. The van der Waals surface area contributed by atoms with Gasteiger partial charge in [0.05, 0.1) is 5.60 Å². The van der Waals surface area contributed by atoms with Crippen LogP contribution in [0.4, 0.5) is 11.8 Å². The molecule has 1 aliphatic rings. The Labute approximate surface area is 108 Å². The van der Waals surface area contributed by atoms with Crippen LogP contribution >= 0.6 is 0 Å². The highest BCUT2D eigenvalue weighted by Gasteiger charge is 2.32. The molecule has 18 heavy (non-hydrogen) atoms. The van der Waals surface area contributed by atoms with Crippen LogP contribution < -0.4 is 10.2 Å². The summed E-state index contributed by atoms with van der Waals surface area (Å²) in [5.74, 6) is 1.60. The second-order valence-electron chi connectivity index (χ2n) is 5.30. The summed E-state index contributed by atoms with van der Waals surface area (Å²) < 4.78 is 0. The van der Waals surface area contributed by atoms with E-state index in [0.717, 1.165) is 37.3 Å². The molecule has 0 aliphatic carbocycles. The van der Waals surface area contributed by atoms with E-state index >= 15 is 0 Å². The number of aliphatic hydroxyl groups is 1. The maximum atomic E-state index is 10.0. The Balaban J connectivity index is 2.16. The zero-order valence-corrected chi connectivity index (χ0v) is 11.4. The fourth-order valence-corrected chi connectivity index (χ4v) is 2.20. The smallest absolute Gasteiger partial charge is 0.224 e. The van der Waals surface area contributed by atoms with Crippen LogP contribution in [-0.2, 0) is 0 Å².